The van der Waals surface area contributed by atoms with E-state index in [1.54, 1.807) is 6.20 Å². The average Bonchev–Trinajstić information content (AvgIpc) is 2.88. The van der Waals surface area contributed by atoms with Crippen LogP contribution in [0.4, 0.5) is 5.82 Å². The van der Waals surface area contributed by atoms with E-state index in [1.165, 1.54) is 0 Å². The summed E-state index contributed by atoms with van der Waals surface area (Å²) in [5.41, 5.74) is 1.04. The Hall–Kier alpha value is -1.67. The van der Waals surface area contributed by atoms with E-state index in [1.807, 2.05) is 13.0 Å². The van der Waals surface area contributed by atoms with Gasteiger partial charge in [-0.3, -0.25) is 0 Å². The van der Waals surface area contributed by atoms with Crippen LogP contribution in [0.5, 0.6) is 0 Å². The molecule has 0 radical (unpaired) electrons. The molecular formula is C13H19N5. The Morgan fingerprint density at radius 2 is 2.39 bits per heavy atom. The molecule has 1 fully saturated rings. The zero-order valence-electron chi connectivity index (χ0n) is 11.2. The van der Waals surface area contributed by atoms with Gasteiger partial charge >= 0.3 is 0 Å². The minimum absolute atomic E-state index is 0.253. The van der Waals surface area contributed by atoms with Crippen molar-refractivity contribution in [3.05, 3.63) is 17.6 Å². The highest BCUT2D eigenvalue weighted by atomic mass is 15.3. The van der Waals surface area contributed by atoms with Crippen molar-refractivity contribution in [3.8, 4) is 6.07 Å². The van der Waals surface area contributed by atoms with E-state index in [-0.39, 0.29) is 5.82 Å². The van der Waals surface area contributed by atoms with Gasteiger partial charge in [-0.15, -0.1) is 0 Å². The first kappa shape index (κ1) is 12.8. The van der Waals surface area contributed by atoms with Gasteiger partial charge in [-0.1, -0.05) is 6.92 Å². The Morgan fingerprint density at radius 3 is 3.06 bits per heavy atom. The van der Waals surface area contributed by atoms with Gasteiger partial charge in [0.25, 0.3) is 0 Å². The second-order valence-electron chi connectivity index (χ2n) is 4.77. The maximum absolute atomic E-state index is 8.87. The van der Waals surface area contributed by atoms with E-state index in [0.29, 0.717) is 6.04 Å². The Balaban J connectivity index is 2.16. The third-order valence-corrected chi connectivity index (χ3v) is 3.63. The molecule has 0 spiro atoms. The summed E-state index contributed by atoms with van der Waals surface area (Å²) in [6.07, 6.45) is 2.88. The van der Waals surface area contributed by atoms with Crippen molar-refractivity contribution < 1.29 is 0 Å². The SMILES string of the molecule is CCN(C)C1CCN(c2nc(C#N)ncc2C)C1. The van der Waals surface area contributed by atoms with Crippen LogP contribution < -0.4 is 4.90 Å². The quantitative estimate of drug-likeness (QED) is 0.800. The molecule has 1 aromatic heterocycles. The molecule has 0 N–H and O–H groups in total. The van der Waals surface area contributed by atoms with E-state index in [9.17, 15) is 0 Å². The van der Waals surface area contributed by atoms with E-state index in [2.05, 4.69) is 33.7 Å². The van der Waals surface area contributed by atoms with E-state index in [4.69, 9.17) is 5.26 Å². The normalized spacial score (nSPS) is 19.3. The van der Waals surface area contributed by atoms with Crippen molar-refractivity contribution in [1.29, 1.82) is 5.26 Å². The summed E-state index contributed by atoms with van der Waals surface area (Å²) in [4.78, 5) is 12.9. The number of nitriles is 1. The highest BCUT2D eigenvalue weighted by Crippen LogP contribution is 2.23. The Kier molecular flexibility index (Phi) is 3.78. The third-order valence-electron chi connectivity index (χ3n) is 3.63. The first-order chi connectivity index (χ1) is 8.65. The van der Waals surface area contributed by atoms with Gasteiger partial charge < -0.3 is 9.80 Å². The van der Waals surface area contributed by atoms with Gasteiger partial charge in [0.1, 0.15) is 11.9 Å². The fourth-order valence-corrected chi connectivity index (χ4v) is 2.36. The van der Waals surface area contributed by atoms with Crippen LogP contribution in [0, 0.1) is 18.3 Å². The van der Waals surface area contributed by atoms with Gasteiger partial charge in [-0.2, -0.15) is 5.26 Å². The number of aromatic nitrogens is 2. The Bertz CT molecular complexity index is 465. The molecule has 1 unspecified atom stereocenters. The number of anilines is 1. The maximum atomic E-state index is 8.87. The summed E-state index contributed by atoms with van der Waals surface area (Å²) in [5.74, 6) is 1.16. The summed E-state index contributed by atoms with van der Waals surface area (Å²) >= 11 is 0. The first-order valence-corrected chi connectivity index (χ1v) is 6.34. The van der Waals surface area contributed by atoms with Crippen LogP contribution >= 0.6 is 0 Å². The molecule has 2 heterocycles. The number of aryl methyl sites for hydroxylation is 1. The van der Waals surface area contributed by atoms with Crippen molar-refractivity contribution in [3.63, 3.8) is 0 Å². The van der Waals surface area contributed by atoms with Crippen LogP contribution in [-0.2, 0) is 0 Å². The fraction of sp³-hybridized carbons (Fsp3) is 0.615. The molecule has 0 aliphatic carbocycles. The second-order valence-corrected chi connectivity index (χ2v) is 4.77. The molecule has 5 heteroatoms. The molecule has 0 aromatic carbocycles. The number of hydrogen-bond acceptors (Lipinski definition) is 5. The molecule has 96 valence electrons. The Morgan fingerprint density at radius 1 is 1.61 bits per heavy atom. The van der Waals surface area contributed by atoms with Crippen molar-refractivity contribution in [2.45, 2.75) is 26.3 Å². The van der Waals surface area contributed by atoms with E-state index in [0.717, 1.165) is 37.4 Å². The number of nitrogens with zero attached hydrogens (tertiary/aromatic N) is 5. The smallest absolute Gasteiger partial charge is 0.234 e. The van der Waals surface area contributed by atoms with Crippen molar-refractivity contribution in [1.82, 2.24) is 14.9 Å². The number of hydrogen-bond donors (Lipinski definition) is 0. The van der Waals surface area contributed by atoms with E-state index < -0.39 is 0 Å². The molecule has 1 aliphatic heterocycles. The standard InChI is InChI=1S/C13H19N5/c1-4-17(3)11-5-6-18(9-11)13-10(2)8-15-12(7-14)16-13/h8,11H,4-6,9H2,1-3H3. The van der Waals surface area contributed by atoms with Gasteiger partial charge in [0.15, 0.2) is 0 Å². The predicted molar refractivity (Wildman–Crippen MR) is 70.4 cm³/mol. The zero-order valence-corrected chi connectivity index (χ0v) is 11.2. The van der Waals surface area contributed by atoms with Gasteiger partial charge in [0, 0.05) is 30.9 Å². The molecule has 18 heavy (non-hydrogen) atoms. The topological polar surface area (TPSA) is 56.0 Å². The van der Waals surface area contributed by atoms with Crippen molar-refractivity contribution in [2.75, 3.05) is 31.6 Å². The van der Waals surface area contributed by atoms with Gasteiger partial charge in [-0.25, -0.2) is 9.97 Å². The van der Waals surface area contributed by atoms with Gasteiger partial charge in [0.2, 0.25) is 5.82 Å². The number of likely N-dealkylation sites (N-methyl/N-ethyl adjacent to an activating group) is 1. The summed E-state index contributed by atoms with van der Waals surface area (Å²) < 4.78 is 0. The highest BCUT2D eigenvalue weighted by Gasteiger charge is 2.26. The molecule has 1 aliphatic rings. The molecule has 5 nitrogen and oxygen atoms in total. The molecule has 0 bridgehead atoms. The first-order valence-electron chi connectivity index (χ1n) is 6.34. The lowest BCUT2D eigenvalue weighted by molar-refractivity contribution is 0.272. The largest absolute Gasteiger partial charge is 0.355 e. The molecule has 1 atom stereocenters. The zero-order chi connectivity index (χ0) is 13.1. The minimum Gasteiger partial charge on any atom is -0.355 e. The van der Waals surface area contributed by atoms with Crippen LogP contribution in [0.3, 0.4) is 0 Å². The maximum Gasteiger partial charge on any atom is 0.234 e. The third kappa shape index (κ3) is 2.44. The molecule has 0 amide bonds. The van der Waals surface area contributed by atoms with Gasteiger partial charge in [0.05, 0.1) is 0 Å². The number of rotatable bonds is 3. The monoisotopic (exact) mass is 245 g/mol. The summed E-state index contributed by atoms with van der Waals surface area (Å²) in [6, 6.07) is 2.58. The van der Waals surface area contributed by atoms with Crippen LogP contribution in [0.2, 0.25) is 0 Å². The lowest BCUT2D eigenvalue weighted by atomic mass is 10.2. The summed E-state index contributed by atoms with van der Waals surface area (Å²) in [7, 11) is 2.15. The second kappa shape index (κ2) is 5.32. The van der Waals surface area contributed by atoms with Crippen molar-refractivity contribution in [2.24, 2.45) is 0 Å². The lowest BCUT2D eigenvalue weighted by Crippen LogP contribution is -2.34. The highest BCUT2D eigenvalue weighted by molar-refractivity contribution is 5.47. The van der Waals surface area contributed by atoms with Crippen LogP contribution in [-0.4, -0.2) is 47.6 Å². The van der Waals surface area contributed by atoms with E-state index >= 15 is 0 Å². The fourth-order valence-electron chi connectivity index (χ4n) is 2.36. The molecule has 1 saturated heterocycles. The van der Waals surface area contributed by atoms with Crippen molar-refractivity contribution >= 4 is 5.82 Å². The molecular weight excluding hydrogens is 226 g/mol. The summed E-state index contributed by atoms with van der Waals surface area (Å²) in [6.45, 7) is 7.20. The predicted octanol–water partition coefficient (Wildman–Crippen LogP) is 1.19. The average molecular weight is 245 g/mol. The summed E-state index contributed by atoms with van der Waals surface area (Å²) in [5, 5.41) is 8.87. The van der Waals surface area contributed by atoms with Crippen LogP contribution in [0.15, 0.2) is 6.20 Å². The van der Waals surface area contributed by atoms with Crippen LogP contribution in [0.25, 0.3) is 0 Å². The van der Waals surface area contributed by atoms with Gasteiger partial charge in [-0.05, 0) is 26.9 Å². The molecule has 2 rings (SSSR count). The molecule has 1 aromatic rings. The minimum atomic E-state index is 0.253. The van der Waals surface area contributed by atoms with Crippen LogP contribution in [0.1, 0.15) is 24.7 Å². The Labute approximate surface area is 108 Å². The molecule has 0 saturated carbocycles. The lowest BCUT2D eigenvalue weighted by Gasteiger charge is -2.24.